The number of carbonyl (C=O) groups is 1. The minimum Gasteiger partial charge on any atom is -0.347 e. The van der Waals surface area contributed by atoms with Crippen LogP contribution in [0.2, 0.25) is 0 Å². The van der Waals surface area contributed by atoms with Crippen LogP contribution in [0.3, 0.4) is 0 Å². The van der Waals surface area contributed by atoms with Gasteiger partial charge in [-0.05, 0) is 19.3 Å². The van der Waals surface area contributed by atoms with E-state index in [4.69, 9.17) is 0 Å². The second kappa shape index (κ2) is 6.28. The monoisotopic (exact) mass is 344 g/mol. The molecule has 1 saturated heterocycles. The third-order valence-corrected chi connectivity index (χ3v) is 6.70. The molecule has 0 spiro atoms. The van der Waals surface area contributed by atoms with Crippen molar-refractivity contribution in [2.24, 2.45) is 5.92 Å². The summed E-state index contributed by atoms with van der Waals surface area (Å²) in [7, 11) is -2.93. The fourth-order valence-electron chi connectivity index (χ4n) is 2.49. The van der Waals surface area contributed by atoms with Gasteiger partial charge in [0.05, 0.1) is 23.2 Å². The van der Waals surface area contributed by atoms with Crippen LogP contribution in [0.25, 0.3) is 0 Å². The first-order chi connectivity index (χ1) is 10.1. The van der Waals surface area contributed by atoms with Crippen molar-refractivity contribution in [3.8, 4) is 0 Å². The molecule has 0 aromatic carbocycles. The molecule has 1 aliphatic heterocycles. The molecule has 2 atom stereocenters. The molecule has 0 aliphatic carbocycles. The SMILES string of the molecule is C[C@H](NC(=O)C[C@@H]1CCS(=O)(=O)C1)c1nc(C(C)(C)C)cs1. The lowest BCUT2D eigenvalue weighted by Gasteiger charge is -2.16. The van der Waals surface area contributed by atoms with E-state index in [1.807, 2.05) is 12.3 Å². The first kappa shape index (κ1) is 17.4. The number of sulfone groups is 1. The second-order valence-electron chi connectivity index (χ2n) is 7.08. The molecular formula is C15H24N2O3S2. The lowest BCUT2D eigenvalue weighted by atomic mass is 9.93. The molecule has 7 heteroatoms. The number of carbonyl (C=O) groups excluding carboxylic acids is 1. The Hall–Kier alpha value is -0.950. The number of hydrogen-bond acceptors (Lipinski definition) is 5. The van der Waals surface area contributed by atoms with Crippen molar-refractivity contribution in [3.05, 3.63) is 16.1 Å². The Balaban J connectivity index is 1.90. The molecule has 2 rings (SSSR count). The van der Waals surface area contributed by atoms with Crippen molar-refractivity contribution in [1.29, 1.82) is 0 Å². The summed E-state index contributed by atoms with van der Waals surface area (Å²) in [5, 5.41) is 5.85. The Labute approximate surface area is 136 Å². The minimum absolute atomic E-state index is 0.00329. The Kier molecular flexibility index (Phi) is 4.96. The van der Waals surface area contributed by atoms with Crippen molar-refractivity contribution < 1.29 is 13.2 Å². The predicted octanol–water partition coefficient (Wildman–Crippen LogP) is 2.44. The molecule has 1 N–H and O–H groups in total. The fourth-order valence-corrected chi connectivity index (χ4v) is 5.40. The maximum absolute atomic E-state index is 12.1. The van der Waals surface area contributed by atoms with E-state index in [9.17, 15) is 13.2 Å². The van der Waals surface area contributed by atoms with Crippen LogP contribution in [0.4, 0.5) is 0 Å². The number of nitrogens with zero attached hydrogens (tertiary/aromatic N) is 1. The van der Waals surface area contributed by atoms with Gasteiger partial charge in [-0.25, -0.2) is 13.4 Å². The van der Waals surface area contributed by atoms with Gasteiger partial charge in [0.2, 0.25) is 5.91 Å². The van der Waals surface area contributed by atoms with E-state index < -0.39 is 9.84 Å². The van der Waals surface area contributed by atoms with E-state index in [-0.39, 0.29) is 41.2 Å². The molecule has 22 heavy (non-hydrogen) atoms. The lowest BCUT2D eigenvalue weighted by Crippen LogP contribution is -2.28. The highest BCUT2D eigenvalue weighted by atomic mass is 32.2. The van der Waals surface area contributed by atoms with Gasteiger partial charge in [-0.2, -0.15) is 0 Å². The first-order valence-corrected chi connectivity index (χ1v) is 10.2. The Bertz CT molecular complexity index is 644. The van der Waals surface area contributed by atoms with E-state index in [1.54, 1.807) is 11.3 Å². The zero-order valence-corrected chi connectivity index (χ0v) is 15.2. The zero-order chi connectivity index (χ0) is 16.5. The summed E-state index contributed by atoms with van der Waals surface area (Å²) < 4.78 is 22.8. The van der Waals surface area contributed by atoms with Gasteiger partial charge in [-0.15, -0.1) is 11.3 Å². The third-order valence-electron chi connectivity index (χ3n) is 3.84. The molecule has 124 valence electrons. The number of aromatic nitrogens is 1. The van der Waals surface area contributed by atoms with E-state index >= 15 is 0 Å². The lowest BCUT2D eigenvalue weighted by molar-refractivity contribution is -0.122. The molecule has 0 unspecified atom stereocenters. The number of rotatable bonds is 4. The van der Waals surface area contributed by atoms with Gasteiger partial charge in [0.1, 0.15) is 5.01 Å². The van der Waals surface area contributed by atoms with Crippen LogP contribution in [0, 0.1) is 5.92 Å². The fraction of sp³-hybridized carbons (Fsp3) is 0.733. The van der Waals surface area contributed by atoms with E-state index in [2.05, 4.69) is 31.1 Å². The molecule has 2 heterocycles. The van der Waals surface area contributed by atoms with Crippen LogP contribution in [-0.4, -0.2) is 30.8 Å². The smallest absolute Gasteiger partial charge is 0.220 e. The Morgan fingerprint density at radius 3 is 2.68 bits per heavy atom. The van der Waals surface area contributed by atoms with Crippen molar-refractivity contribution in [2.45, 2.75) is 52.0 Å². The molecule has 1 aromatic rings. The summed E-state index contributed by atoms with van der Waals surface area (Å²) in [6.07, 6.45) is 0.872. The van der Waals surface area contributed by atoms with Crippen LogP contribution in [0.15, 0.2) is 5.38 Å². The van der Waals surface area contributed by atoms with Gasteiger partial charge in [0, 0.05) is 17.2 Å². The van der Waals surface area contributed by atoms with Crippen molar-refractivity contribution >= 4 is 27.1 Å². The van der Waals surface area contributed by atoms with E-state index in [1.165, 1.54) is 0 Å². The summed E-state index contributed by atoms with van der Waals surface area (Å²) in [5.41, 5.74) is 1.02. The molecule has 1 aromatic heterocycles. The van der Waals surface area contributed by atoms with Crippen molar-refractivity contribution in [2.75, 3.05) is 11.5 Å². The summed E-state index contributed by atoms with van der Waals surface area (Å²) in [5.74, 6) is 0.211. The van der Waals surface area contributed by atoms with Gasteiger partial charge >= 0.3 is 0 Å². The molecule has 1 amide bonds. The number of thiazole rings is 1. The number of hydrogen-bond donors (Lipinski definition) is 1. The van der Waals surface area contributed by atoms with Gasteiger partial charge < -0.3 is 5.32 Å². The van der Waals surface area contributed by atoms with Crippen LogP contribution in [0.1, 0.15) is 57.3 Å². The standard InChI is InChI=1S/C15H24N2O3S2/c1-10(14-17-12(8-21-14)15(2,3)4)16-13(18)7-11-5-6-22(19,20)9-11/h8,10-11H,5-7,9H2,1-4H3,(H,16,18)/t10-,11-/m0/s1. The average Bonchev–Trinajstić information content (AvgIpc) is 2.95. The highest BCUT2D eigenvalue weighted by Gasteiger charge is 2.30. The summed E-state index contributed by atoms with van der Waals surface area (Å²) in [6.45, 7) is 8.23. The van der Waals surface area contributed by atoms with Crippen LogP contribution >= 0.6 is 11.3 Å². The van der Waals surface area contributed by atoms with E-state index in [0.717, 1.165) is 10.7 Å². The third kappa shape index (κ3) is 4.52. The predicted molar refractivity (Wildman–Crippen MR) is 88.7 cm³/mol. The van der Waals surface area contributed by atoms with Crippen molar-refractivity contribution in [3.63, 3.8) is 0 Å². The average molecular weight is 345 g/mol. The molecule has 0 saturated carbocycles. The highest BCUT2D eigenvalue weighted by molar-refractivity contribution is 7.91. The topological polar surface area (TPSA) is 76.1 Å². The largest absolute Gasteiger partial charge is 0.347 e. The quantitative estimate of drug-likeness (QED) is 0.910. The molecular weight excluding hydrogens is 320 g/mol. The highest BCUT2D eigenvalue weighted by Crippen LogP contribution is 2.27. The van der Waals surface area contributed by atoms with Crippen LogP contribution in [-0.2, 0) is 20.0 Å². The molecule has 1 aliphatic rings. The Morgan fingerprint density at radius 2 is 2.18 bits per heavy atom. The molecule has 0 bridgehead atoms. The summed E-state index contributed by atoms with van der Waals surface area (Å²) >= 11 is 1.55. The normalized spacial score (nSPS) is 22.5. The minimum atomic E-state index is -2.93. The summed E-state index contributed by atoms with van der Waals surface area (Å²) in [4.78, 5) is 16.7. The number of amides is 1. The second-order valence-corrected chi connectivity index (χ2v) is 10.2. The van der Waals surface area contributed by atoms with E-state index in [0.29, 0.717) is 6.42 Å². The number of nitrogens with one attached hydrogen (secondary N) is 1. The van der Waals surface area contributed by atoms with Crippen LogP contribution in [0.5, 0.6) is 0 Å². The Morgan fingerprint density at radius 1 is 1.50 bits per heavy atom. The summed E-state index contributed by atoms with van der Waals surface area (Å²) in [6, 6.07) is -0.147. The maximum Gasteiger partial charge on any atom is 0.220 e. The first-order valence-electron chi connectivity index (χ1n) is 7.52. The van der Waals surface area contributed by atoms with Gasteiger partial charge in [-0.3, -0.25) is 4.79 Å². The van der Waals surface area contributed by atoms with Crippen molar-refractivity contribution in [1.82, 2.24) is 10.3 Å². The van der Waals surface area contributed by atoms with Gasteiger partial charge in [0.15, 0.2) is 9.84 Å². The zero-order valence-electron chi connectivity index (χ0n) is 13.5. The van der Waals surface area contributed by atoms with Gasteiger partial charge in [0.25, 0.3) is 0 Å². The molecule has 5 nitrogen and oxygen atoms in total. The van der Waals surface area contributed by atoms with Gasteiger partial charge in [-0.1, -0.05) is 20.8 Å². The molecule has 1 fully saturated rings. The van der Waals surface area contributed by atoms with Crippen LogP contribution < -0.4 is 5.32 Å². The maximum atomic E-state index is 12.1. The molecule has 0 radical (unpaired) electrons.